The monoisotopic (exact) mass is 309 g/mol. The molecule has 1 aliphatic heterocycles. The summed E-state index contributed by atoms with van der Waals surface area (Å²) in [6.45, 7) is 0.532. The van der Waals surface area contributed by atoms with Crippen LogP contribution >= 0.6 is 0 Å². The van der Waals surface area contributed by atoms with Crippen LogP contribution in [0, 0.1) is 17.2 Å². The van der Waals surface area contributed by atoms with Crippen molar-refractivity contribution in [2.45, 2.75) is 17.7 Å². The van der Waals surface area contributed by atoms with Crippen molar-refractivity contribution in [3.05, 3.63) is 24.0 Å². The average Bonchev–Trinajstić information content (AvgIpc) is 2.54. The van der Waals surface area contributed by atoms with E-state index >= 15 is 0 Å². The number of sulfonamides is 1. The number of methoxy groups -OCH3 is 1. The molecule has 1 fully saturated rings. The number of nitriles is 1. The second kappa shape index (κ2) is 6.20. The van der Waals surface area contributed by atoms with E-state index in [4.69, 9.17) is 5.26 Å². The Morgan fingerprint density at radius 1 is 1.43 bits per heavy atom. The van der Waals surface area contributed by atoms with Crippen molar-refractivity contribution in [3.8, 4) is 6.07 Å². The van der Waals surface area contributed by atoms with Crippen LogP contribution in [0.25, 0.3) is 0 Å². The van der Waals surface area contributed by atoms with Gasteiger partial charge >= 0.3 is 5.97 Å². The van der Waals surface area contributed by atoms with Gasteiger partial charge in [-0.05, 0) is 25.0 Å². The lowest BCUT2D eigenvalue weighted by atomic mass is 9.99. The Kier molecular flexibility index (Phi) is 4.55. The van der Waals surface area contributed by atoms with Crippen molar-refractivity contribution < 1.29 is 17.9 Å². The molecule has 0 amide bonds. The number of rotatable bonds is 3. The topological polar surface area (TPSA) is 100 Å². The van der Waals surface area contributed by atoms with Crippen LogP contribution in [0.3, 0.4) is 0 Å². The number of carbonyl (C=O) groups excluding carboxylic acids is 1. The van der Waals surface area contributed by atoms with E-state index < -0.39 is 10.0 Å². The Bertz CT molecular complexity index is 656. The fourth-order valence-corrected chi connectivity index (χ4v) is 3.66. The molecular weight excluding hydrogens is 294 g/mol. The molecule has 0 aliphatic carbocycles. The molecule has 1 aromatic rings. The van der Waals surface area contributed by atoms with Gasteiger partial charge in [-0.25, -0.2) is 13.4 Å². The summed E-state index contributed by atoms with van der Waals surface area (Å²) in [4.78, 5) is 15.3. The summed E-state index contributed by atoms with van der Waals surface area (Å²) < 4.78 is 30.8. The summed E-state index contributed by atoms with van der Waals surface area (Å²) in [5.41, 5.74) is 0.165. The van der Waals surface area contributed by atoms with Crippen LogP contribution in [0.4, 0.5) is 0 Å². The number of hydrogen-bond donors (Lipinski definition) is 0. The fourth-order valence-electron chi connectivity index (χ4n) is 2.25. The summed E-state index contributed by atoms with van der Waals surface area (Å²) in [6, 6.07) is 4.58. The third kappa shape index (κ3) is 3.20. The van der Waals surface area contributed by atoms with Gasteiger partial charge in [-0.15, -0.1) is 0 Å². The predicted molar refractivity (Wildman–Crippen MR) is 72.5 cm³/mol. The summed E-state index contributed by atoms with van der Waals surface area (Å²) >= 11 is 0. The first-order valence-corrected chi connectivity index (χ1v) is 7.87. The maximum atomic E-state index is 12.4. The smallest absolute Gasteiger partial charge is 0.308 e. The van der Waals surface area contributed by atoms with Gasteiger partial charge in [0.05, 0.1) is 13.0 Å². The summed E-state index contributed by atoms with van der Waals surface area (Å²) in [6.07, 6.45) is 2.06. The van der Waals surface area contributed by atoms with E-state index in [1.54, 1.807) is 0 Å². The summed E-state index contributed by atoms with van der Waals surface area (Å²) in [7, 11) is -2.31. The Morgan fingerprint density at radius 2 is 2.10 bits per heavy atom. The molecule has 1 aromatic heterocycles. The van der Waals surface area contributed by atoms with Gasteiger partial charge < -0.3 is 4.74 Å². The fraction of sp³-hybridized carbons (Fsp3) is 0.462. The molecule has 1 saturated heterocycles. The Labute approximate surface area is 123 Å². The van der Waals surface area contributed by atoms with Crippen LogP contribution < -0.4 is 0 Å². The minimum Gasteiger partial charge on any atom is -0.469 e. The molecular formula is C13H15N3O4S. The van der Waals surface area contributed by atoms with Crippen molar-refractivity contribution in [3.63, 3.8) is 0 Å². The molecule has 0 saturated carbocycles. The minimum absolute atomic E-state index is 0.0537. The second-order valence-corrected chi connectivity index (χ2v) is 6.63. The predicted octanol–water partition coefficient (Wildman–Crippen LogP) is 0.527. The molecule has 2 rings (SSSR count). The minimum atomic E-state index is -3.63. The maximum absolute atomic E-state index is 12.4. The number of ether oxygens (including phenoxy) is 1. The third-order valence-electron chi connectivity index (χ3n) is 3.48. The number of pyridine rings is 1. The van der Waals surface area contributed by atoms with Crippen molar-refractivity contribution in [1.29, 1.82) is 5.26 Å². The molecule has 8 heteroatoms. The molecule has 1 aliphatic rings. The first-order chi connectivity index (χ1) is 9.98. The molecule has 0 bridgehead atoms. The van der Waals surface area contributed by atoms with Crippen LogP contribution in [-0.2, 0) is 19.6 Å². The van der Waals surface area contributed by atoms with E-state index in [1.165, 1.54) is 29.7 Å². The van der Waals surface area contributed by atoms with Crippen molar-refractivity contribution in [1.82, 2.24) is 9.29 Å². The zero-order chi connectivity index (χ0) is 15.5. The summed E-state index contributed by atoms with van der Waals surface area (Å²) in [5, 5.41) is 8.67. The van der Waals surface area contributed by atoms with Crippen LogP contribution in [0.5, 0.6) is 0 Å². The molecule has 0 spiro atoms. The molecule has 0 unspecified atom stereocenters. The van der Waals surface area contributed by atoms with E-state index in [2.05, 4.69) is 9.72 Å². The Balaban J connectivity index is 2.11. The first-order valence-electron chi connectivity index (χ1n) is 6.43. The molecule has 0 radical (unpaired) electrons. The summed E-state index contributed by atoms with van der Waals surface area (Å²) in [5.74, 6) is -0.548. The quantitative estimate of drug-likeness (QED) is 0.755. The van der Waals surface area contributed by atoms with Crippen molar-refractivity contribution in [2.75, 3.05) is 20.2 Å². The number of piperidine rings is 1. The first kappa shape index (κ1) is 15.4. The molecule has 0 atom stereocenters. The molecule has 0 N–H and O–H groups in total. The third-order valence-corrected chi connectivity index (χ3v) is 5.36. The number of carbonyl (C=O) groups is 1. The van der Waals surface area contributed by atoms with Crippen molar-refractivity contribution >= 4 is 16.0 Å². The highest BCUT2D eigenvalue weighted by Crippen LogP contribution is 2.24. The van der Waals surface area contributed by atoms with Crippen LogP contribution in [0.15, 0.2) is 23.2 Å². The Morgan fingerprint density at radius 3 is 2.57 bits per heavy atom. The highest BCUT2D eigenvalue weighted by Gasteiger charge is 2.32. The zero-order valence-corrected chi connectivity index (χ0v) is 12.3. The number of esters is 1. The van der Waals surface area contributed by atoms with Crippen molar-refractivity contribution in [2.24, 2.45) is 5.92 Å². The number of nitrogens with zero attached hydrogens (tertiary/aromatic N) is 3. The SMILES string of the molecule is COC(=O)C1CCN(S(=O)(=O)c2ccc(C#N)nc2)CC1. The van der Waals surface area contributed by atoms with E-state index in [9.17, 15) is 13.2 Å². The normalized spacial score (nSPS) is 17.1. The largest absolute Gasteiger partial charge is 0.469 e. The van der Waals surface area contributed by atoms with Gasteiger partial charge in [0, 0.05) is 19.3 Å². The zero-order valence-electron chi connectivity index (χ0n) is 11.5. The van der Waals surface area contributed by atoms with E-state index in [0.29, 0.717) is 12.8 Å². The van der Waals surface area contributed by atoms with Gasteiger partial charge in [-0.2, -0.15) is 9.57 Å². The van der Waals surface area contributed by atoms with E-state index in [-0.39, 0.29) is 35.6 Å². The molecule has 21 heavy (non-hydrogen) atoms. The van der Waals surface area contributed by atoms with Crippen LogP contribution in [-0.4, -0.2) is 43.9 Å². The second-order valence-electron chi connectivity index (χ2n) is 4.69. The highest BCUT2D eigenvalue weighted by atomic mass is 32.2. The molecule has 7 nitrogen and oxygen atoms in total. The van der Waals surface area contributed by atoms with E-state index in [0.717, 1.165) is 0 Å². The van der Waals surface area contributed by atoms with Gasteiger partial charge in [0.25, 0.3) is 0 Å². The van der Waals surface area contributed by atoms with E-state index in [1.807, 2.05) is 6.07 Å². The Hall–Kier alpha value is -1.98. The standard InChI is InChI=1S/C13H15N3O4S/c1-20-13(17)10-4-6-16(7-5-10)21(18,19)12-3-2-11(8-14)15-9-12/h2-3,9-10H,4-7H2,1H3. The lowest BCUT2D eigenvalue weighted by Crippen LogP contribution is -2.40. The van der Waals surface area contributed by atoms with Gasteiger partial charge in [-0.1, -0.05) is 0 Å². The van der Waals surface area contributed by atoms with Crippen LogP contribution in [0.2, 0.25) is 0 Å². The number of hydrogen-bond acceptors (Lipinski definition) is 6. The average molecular weight is 309 g/mol. The lowest BCUT2D eigenvalue weighted by Gasteiger charge is -2.29. The van der Waals surface area contributed by atoms with Gasteiger partial charge in [-0.3, -0.25) is 4.79 Å². The maximum Gasteiger partial charge on any atom is 0.308 e. The number of aromatic nitrogens is 1. The highest BCUT2D eigenvalue weighted by molar-refractivity contribution is 7.89. The van der Waals surface area contributed by atoms with Crippen LogP contribution in [0.1, 0.15) is 18.5 Å². The lowest BCUT2D eigenvalue weighted by molar-refractivity contribution is -0.146. The van der Waals surface area contributed by atoms with Gasteiger partial charge in [0.2, 0.25) is 10.0 Å². The van der Waals surface area contributed by atoms with Gasteiger partial charge in [0.15, 0.2) is 0 Å². The molecule has 112 valence electrons. The van der Waals surface area contributed by atoms with Gasteiger partial charge in [0.1, 0.15) is 16.7 Å². The molecule has 2 heterocycles. The molecule has 0 aromatic carbocycles.